The van der Waals surface area contributed by atoms with E-state index in [1.165, 1.54) is 0 Å². The molecule has 0 amide bonds. The van der Waals surface area contributed by atoms with Crippen molar-refractivity contribution in [1.82, 2.24) is 0 Å². The zero-order chi connectivity index (χ0) is 11.5. The maximum Gasteiger partial charge on any atom is 0.164 e. The van der Waals surface area contributed by atoms with Gasteiger partial charge in [0, 0.05) is 19.1 Å². The van der Waals surface area contributed by atoms with E-state index in [2.05, 4.69) is 13.8 Å². The summed E-state index contributed by atoms with van der Waals surface area (Å²) >= 11 is 0. The summed E-state index contributed by atoms with van der Waals surface area (Å²) in [5.74, 6) is 0.507. The second kappa shape index (κ2) is 5.08. The maximum absolute atomic E-state index is 11.8. The van der Waals surface area contributed by atoms with Gasteiger partial charge in [0.2, 0.25) is 0 Å². The minimum absolute atomic E-state index is 0.208. The smallest absolute Gasteiger partial charge is 0.164 e. The SMILES string of the molecule is CCOC(CC(=O)C1CC1(C)C)OCC. The van der Waals surface area contributed by atoms with Gasteiger partial charge in [0.1, 0.15) is 5.78 Å². The Kier molecular flexibility index (Phi) is 4.29. The molecule has 0 N–H and O–H groups in total. The lowest BCUT2D eigenvalue weighted by molar-refractivity contribution is -0.153. The van der Waals surface area contributed by atoms with Crippen LogP contribution in [0.5, 0.6) is 0 Å². The highest BCUT2D eigenvalue weighted by Crippen LogP contribution is 2.52. The van der Waals surface area contributed by atoms with Crippen LogP contribution in [0, 0.1) is 11.3 Å². The number of hydrogen-bond acceptors (Lipinski definition) is 3. The van der Waals surface area contributed by atoms with Crippen LogP contribution in [0.2, 0.25) is 0 Å². The van der Waals surface area contributed by atoms with Crippen molar-refractivity contribution in [2.24, 2.45) is 11.3 Å². The molecule has 15 heavy (non-hydrogen) atoms. The number of ketones is 1. The van der Waals surface area contributed by atoms with Gasteiger partial charge >= 0.3 is 0 Å². The molecule has 1 rings (SSSR count). The van der Waals surface area contributed by atoms with E-state index in [-0.39, 0.29) is 23.4 Å². The molecule has 0 bridgehead atoms. The summed E-state index contributed by atoms with van der Waals surface area (Å²) in [6, 6.07) is 0. The standard InChI is InChI=1S/C12H22O3/c1-5-14-11(15-6-2)7-10(13)9-8-12(9,3)4/h9,11H,5-8H2,1-4H3. The summed E-state index contributed by atoms with van der Waals surface area (Å²) in [5.41, 5.74) is 0.208. The fraction of sp³-hybridized carbons (Fsp3) is 0.917. The number of Topliss-reactive ketones (excluding diaryl/α,β-unsaturated/α-hetero) is 1. The van der Waals surface area contributed by atoms with Crippen LogP contribution in [-0.4, -0.2) is 25.3 Å². The largest absolute Gasteiger partial charge is 0.352 e. The molecule has 3 heteroatoms. The summed E-state index contributed by atoms with van der Waals surface area (Å²) in [6.07, 6.45) is 1.07. The summed E-state index contributed by atoms with van der Waals surface area (Å²) in [6.45, 7) is 9.27. The van der Waals surface area contributed by atoms with E-state index in [4.69, 9.17) is 9.47 Å². The molecule has 0 radical (unpaired) electrons. The van der Waals surface area contributed by atoms with Gasteiger partial charge in [-0.15, -0.1) is 0 Å². The first-order valence-electron chi connectivity index (χ1n) is 5.77. The third-order valence-electron chi connectivity index (χ3n) is 2.98. The summed E-state index contributed by atoms with van der Waals surface area (Å²) in [4.78, 5) is 11.8. The minimum atomic E-state index is -0.344. The van der Waals surface area contributed by atoms with Crippen LogP contribution in [0.4, 0.5) is 0 Å². The highest BCUT2D eigenvalue weighted by Gasteiger charge is 2.50. The summed E-state index contributed by atoms with van der Waals surface area (Å²) in [7, 11) is 0. The van der Waals surface area contributed by atoms with Crippen molar-refractivity contribution in [2.45, 2.75) is 46.8 Å². The Labute approximate surface area is 92.1 Å². The van der Waals surface area contributed by atoms with Gasteiger partial charge in [-0.1, -0.05) is 13.8 Å². The molecule has 1 saturated carbocycles. The van der Waals surface area contributed by atoms with E-state index in [0.29, 0.717) is 19.6 Å². The molecule has 0 aromatic rings. The van der Waals surface area contributed by atoms with Crippen LogP contribution in [0.1, 0.15) is 40.5 Å². The van der Waals surface area contributed by atoms with Crippen LogP contribution >= 0.6 is 0 Å². The zero-order valence-electron chi connectivity index (χ0n) is 10.2. The average Bonchev–Trinajstić information content (AvgIpc) is 2.76. The first kappa shape index (κ1) is 12.7. The first-order valence-corrected chi connectivity index (χ1v) is 5.77. The molecule has 1 unspecified atom stereocenters. The van der Waals surface area contributed by atoms with Gasteiger partial charge in [-0.2, -0.15) is 0 Å². The quantitative estimate of drug-likeness (QED) is 0.610. The monoisotopic (exact) mass is 214 g/mol. The molecule has 0 aliphatic heterocycles. The van der Waals surface area contributed by atoms with Gasteiger partial charge < -0.3 is 9.47 Å². The first-order chi connectivity index (χ1) is 7.01. The zero-order valence-corrected chi connectivity index (χ0v) is 10.2. The van der Waals surface area contributed by atoms with E-state index < -0.39 is 0 Å². The topological polar surface area (TPSA) is 35.5 Å². The van der Waals surface area contributed by atoms with Gasteiger partial charge in [0.25, 0.3) is 0 Å². The Morgan fingerprint density at radius 1 is 1.33 bits per heavy atom. The van der Waals surface area contributed by atoms with Crippen molar-refractivity contribution >= 4 is 5.78 Å². The van der Waals surface area contributed by atoms with E-state index in [0.717, 1.165) is 6.42 Å². The molecule has 0 aromatic heterocycles. The Balaban J connectivity index is 2.34. The fourth-order valence-electron chi connectivity index (χ4n) is 1.86. The molecule has 0 spiro atoms. The lowest BCUT2D eigenvalue weighted by Crippen LogP contribution is -2.23. The number of carbonyl (C=O) groups is 1. The molecule has 1 fully saturated rings. The van der Waals surface area contributed by atoms with Crippen molar-refractivity contribution in [2.75, 3.05) is 13.2 Å². The lowest BCUT2D eigenvalue weighted by atomic mass is 10.1. The molecule has 1 aliphatic rings. The number of rotatable bonds is 7. The van der Waals surface area contributed by atoms with E-state index in [1.54, 1.807) is 0 Å². The lowest BCUT2D eigenvalue weighted by Gasteiger charge is -2.16. The third-order valence-corrected chi connectivity index (χ3v) is 2.98. The normalized spacial score (nSPS) is 23.1. The molecule has 88 valence electrons. The Morgan fingerprint density at radius 3 is 2.13 bits per heavy atom. The predicted molar refractivity (Wildman–Crippen MR) is 58.6 cm³/mol. The second-order valence-electron chi connectivity index (χ2n) is 4.76. The predicted octanol–water partition coefficient (Wildman–Crippen LogP) is 2.39. The van der Waals surface area contributed by atoms with Crippen molar-refractivity contribution in [1.29, 1.82) is 0 Å². The van der Waals surface area contributed by atoms with Crippen LogP contribution in [0.25, 0.3) is 0 Å². The average molecular weight is 214 g/mol. The summed E-state index contributed by atoms with van der Waals surface area (Å²) < 4.78 is 10.7. The van der Waals surface area contributed by atoms with Crippen LogP contribution in [0.3, 0.4) is 0 Å². The molecule has 0 aromatic carbocycles. The van der Waals surface area contributed by atoms with Gasteiger partial charge in [-0.25, -0.2) is 0 Å². The van der Waals surface area contributed by atoms with Crippen molar-refractivity contribution in [3.05, 3.63) is 0 Å². The number of carbonyl (C=O) groups excluding carboxylic acids is 1. The van der Waals surface area contributed by atoms with E-state index in [9.17, 15) is 4.79 Å². The van der Waals surface area contributed by atoms with Crippen LogP contribution < -0.4 is 0 Å². The molecular formula is C12H22O3. The Morgan fingerprint density at radius 2 is 1.80 bits per heavy atom. The van der Waals surface area contributed by atoms with Crippen molar-refractivity contribution < 1.29 is 14.3 Å². The fourth-order valence-corrected chi connectivity index (χ4v) is 1.86. The molecule has 0 heterocycles. The molecule has 0 saturated heterocycles. The second-order valence-corrected chi connectivity index (χ2v) is 4.76. The molecule has 1 atom stereocenters. The number of ether oxygens (including phenoxy) is 2. The van der Waals surface area contributed by atoms with E-state index in [1.807, 2.05) is 13.8 Å². The van der Waals surface area contributed by atoms with Crippen LogP contribution in [0.15, 0.2) is 0 Å². The number of hydrogen-bond donors (Lipinski definition) is 0. The summed E-state index contributed by atoms with van der Waals surface area (Å²) in [5, 5.41) is 0. The maximum atomic E-state index is 11.8. The van der Waals surface area contributed by atoms with Gasteiger partial charge in [-0.05, 0) is 25.7 Å². The minimum Gasteiger partial charge on any atom is -0.352 e. The van der Waals surface area contributed by atoms with Gasteiger partial charge in [0.15, 0.2) is 6.29 Å². The van der Waals surface area contributed by atoms with Crippen molar-refractivity contribution in [3.8, 4) is 0 Å². The van der Waals surface area contributed by atoms with Gasteiger partial charge in [-0.3, -0.25) is 4.79 Å². The van der Waals surface area contributed by atoms with Gasteiger partial charge in [0.05, 0.1) is 6.42 Å². The highest BCUT2D eigenvalue weighted by atomic mass is 16.7. The molecular weight excluding hydrogens is 192 g/mol. The highest BCUT2D eigenvalue weighted by molar-refractivity contribution is 5.84. The Bertz CT molecular complexity index is 217. The third kappa shape index (κ3) is 3.58. The van der Waals surface area contributed by atoms with Crippen molar-refractivity contribution in [3.63, 3.8) is 0 Å². The molecule has 3 nitrogen and oxygen atoms in total. The Hall–Kier alpha value is -0.410. The molecule has 1 aliphatic carbocycles. The van der Waals surface area contributed by atoms with E-state index >= 15 is 0 Å². The van der Waals surface area contributed by atoms with Crippen LogP contribution in [-0.2, 0) is 14.3 Å².